The summed E-state index contributed by atoms with van der Waals surface area (Å²) in [5, 5.41) is 8.54. The third-order valence-electron chi connectivity index (χ3n) is 3.33. The Morgan fingerprint density at radius 1 is 1.29 bits per heavy atom. The Morgan fingerprint density at radius 2 is 1.90 bits per heavy atom. The lowest BCUT2D eigenvalue weighted by molar-refractivity contribution is -0.137. The van der Waals surface area contributed by atoms with Crippen molar-refractivity contribution in [3.8, 4) is 0 Å². The highest BCUT2D eigenvalue weighted by Crippen LogP contribution is 2.34. The van der Waals surface area contributed by atoms with Crippen LogP contribution in [-0.2, 0) is 9.59 Å². The van der Waals surface area contributed by atoms with Crippen molar-refractivity contribution in [2.45, 2.75) is 11.8 Å². The van der Waals surface area contributed by atoms with Crippen molar-refractivity contribution in [3.05, 3.63) is 47.0 Å². The predicted octanol–water partition coefficient (Wildman–Crippen LogP) is 1.80. The number of amides is 1. The molecule has 2 rings (SSSR count). The Morgan fingerprint density at radius 3 is 2.43 bits per heavy atom. The van der Waals surface area contributed by atoms with E-state index >= 15 is 0 Å². The average molecular weight is 305 g/mol. The normalized spacial score (nSPS) is 18.3. The number of carbonyl (C=O) groups is 3. The van der Waals surface area contributed by atoms with Crippen LogP contribution >= 0.6 is 11.8 Å². The zero-order valence-corrected chi connectivity index (χ0v) is 12.5. The number of nitrogens with zero attached hydrogens (tertiary/aromatic N) is 1. The Kier molecular flexibility index (Phi) is 4.47. The molecule has 0 bridgehead atoms. The number of benzene rings is 1. The molecule has 5 nitrogen and oxygen atoms in total. The molecule has 0 aliphatic carbocycles. The fourth-order valence-electron chi connectivity index (χ4n) is 2.37. The standard InChI is InChI=1S/C15H15NO4S/c1-16-14(20)10(8-11(17)18)12(15(16)21-2)13(19)9-6-4-3-5-7-9/h3-7,15H,8H2,1-2H3,(H,17,18)/t15-/m0/s1. The highest BCUT2D eigenvalue weighted by Gasteiger charge is 2.40. The minimum atomic E-state index is -1.12. The van der Waals surface area contributed by atoms with Gasteiger partial charge in [-0.15, -0.1) is 11.8 Å². The summed E-state index contributed by atoms with van der Waals surface area (Å²) in [5.74, 6) is -1.80. The van der Waals surface area contributed by atoms with E-state index < -0.39 is 23.7 Å². The number of thioether (sulfide) groups is 1. The summed E-state index contributed by atoms with van der Waals surface area (Å²) in [4.78, 5) is 37.3. The van der Waals surface area contributed by atoms with E-state index in [0.29, 0.717) is 5.56 Å². The summed E-state index contributed by atoms with van der Waals surface area (Å²) < 4.78 is 0. The van der Waals surface area contributed by atoms with Gasteiger partial charge in [-0.2, -0.15) is 0 Å². The molecule has 21 heavy (non-hydrogen) atoms. The lowest BCUT2D eigenvalue weighted by Crippen LogP contribution is -2.30. The second kappa shape index (κ2) is 6.13. The first-order chi connectivity index (χ1) is 9.97. The predicted molar refractivity (Wildman–Crippen MR) is 80.1 cm³/mol. The number of hydrogen-bond donors (Lipinski definition) is 1. The molecule has 0 aromatic heterocycles. The Balaban J connectivity index is 2.52. The maximum Gasteiger partial charge on any atom is 0.308 e. The molecule has 1 aliphatic rings. The van der Waals surface area contributed by atoms with Crippen LogP contribution in [0.15, 0.2) is 41.5 Å². The van der Waals surface area contributed by atoms with Crippen LogP contribution in [0, 0.1) is 0 Å². The van der Waals surface area contributed by atoms with E-state index in [2.05, 4.69) is 0 Å². The van der Waals surface area contributed by atoms with E-state index in [1.165, 1.54) is 16.7 Å². The number of Topliss-reactive ketones (excluding diaryl/α,β-unsaturated/α-hetero) is 1. The van der Waals surface area contributed by atoms with Gasteiger partial charge in [0.25, 0.3) is 5.91 Å². The number of carboxylic acid groups (broad SMARTS) is 1. The van der Waals surface area contributed by atoms with E-state index in [-0.39, 0.29) is 16.9 Å². The summed E-state index contributed by atoms with van der Waals surface area (Å²) in [6.07, 6.45) is 1.35. The third kappa shape index (κ3) is 2.85. The molecule has 0 saturated carbocycles. The van der Waals surface area contributed by atoms with Crippen molar-refractivity contribution in [1.29, 1.82) is 0 Å². The third-order valence-corrected chi connectivity index (χ3v) is 4.33. The molecule has 1 heterocycles. The molecular weight excluding hydrogens is 290 g/mol. The molecule has 1 aromatic rings. The van der Waals surface area contributed by atoms with Crippen LogP contribution < -0.4 is 0 Å². The monoisotopic (exact) mass is 305 g/mol. The molecular formula is C15H15NO4S. The first-order valence-electron chi connectivity index (χ1n) is 6.32. The Hall–Kier alpha value is -2.08. The molecule has 6 heteroatoms. The molecule has 1 aromatic carbocycles. The molecule has 1 amide bonds. The molecule has 1 N–H and O–H groups in total. The minimum absolute atomic E-state index is 0.0817. The van der Waals surface area contributed by atoms with Crippen LogP contribution in [0.3, 0.4) is 0 Å². The zero-order chi connectivity index (χ0) is 15.6. The van der Waals surface area contributed by atoms with Gasteiger partial charge in [0.15, 0.2) is 5.78 Å². The van der Waals surface area contributed by atoms with Crippen LogP contribution in [0.4, 0.5) is 0 Å². The topological polar surface area (TPSA) is 74.7 Å². The maximum atomic E-state index is 12.7. The van der Waals surface area contributed by atoms with Crippen LogP contribution in [0.1, 0.15) is 16.8 Å². The van der Waals surface area contributed by atoms with Crippen LogP contribution in [0.5, 0.6) is 0 Å². The second-order valence-corrected chi connectivity index (χ2v) is 5.58. The Labute approximate surface area is 126 Å². The maximum absolute atomic E-state index is 12.7. The number of hydrogen-bond acceptors (Lipinski definition) is 4. The molecule has 1 atom stereocenters. The number of likely N-dealkylation sites (N-methyl/N-ethyl adjacent to an activating group) is 1. The highest BCUT2D eigenvalue weighted by molar-refractivity contribution is 7.99. The molecule has 0 spiro atoms. The zero-order valence-electron chi connectivity index (χ0n) is 11.7. The summed E-state index contributed by atoms with van der Waals surface area (Å²) in [6, 6.07) is 8.58. The first-order valence-corrected chi connectivity index (χ1v) is 7.60. The van der Waals surface area contributed by atoms with Gasteiger partial charge in [0.1, 0.15) is 5.37 Å². The van der Waals surface area contributed by atoms with E-state index in [0.717, 1.165) is 0 Å². The lowest BCUT2D eigenvalue weighted by Gasteiger charge is -2.20. The van der Waals surface area contributed by atoms with Gasteiger partial charge in [-0.25, -0.2) is 0 Å². The Bertz CT molecular complexity index is 624. The highest BCUT2D eigenvalue weighted by atomic mass is 32.2. The van der Waals surface area contributed by atoms with Crippen molar-refractivity contribution in [1.82, 2.24) is 4.90 Å². The first kappa shape index (κ1) is 15.3. The van der Waals surface area contributed by atoms with E-state index in [4.69, 9.17) is 5.11 Å². The van der Waals surface area contributed by atoms with Gasteiger partial charge in [0.05, 0.1) is 6.42 Å². The van der Waals surface area contributed by atoms with Crippen molar-refractivity contribution >= 4 is 29.4 Å². The van der Waals surface area contributed by atoms with Gasteiger partial charge in [-0.1, -0.05) is 30.3 Å². The molecule has 0 unspecified atom stereocenters. The summed E-state index contributed by atoms with van der Waals surface area (Å²) >= 11 is 1.34. The summed E-state index contributed by atoms with van der Waals surface area (Å²) in [5.41, 5.74) is 0.819. The van der Waals surface area contributed by atoms with Crippen LogP contribution in [-0.4, -0.2) is 46.3 Å². The second-order valence-electron chi connectivity index (χ2n) is 4.66. The quantitative estimate of drug-likeness (QED) is 0.840. The van der Waals surface area contributed by atoms with Crippen LogP contribution in [0.2, 0.25) is 0 Å². The van der Waals surface area contributed by atoms with E-state index in [9.17, 15) is 14.4 Å². The van der Waals surface area contributed by atoms with Gasteiger partial charge in [0.2, 0.25) is 0 Å². The summed E-state index contributed by atoms with van der Waals surface area (Å²) in [6.45, 7) is 0. The fraction of sp³-hybridized carbons (Fsp3) is 0.267. The molecule has 0 saturated heterocycles. The molecule has 0 radical (unpaired) electrons. The van der Waals surface area contributed by atoms with Crippen molar-refractivity contribution < 1.29 is 19.5 Å². The van der Waals surface area contributed by atoms with Gasteiger partial charge in [-0.3, -0.25) is 14.4 Å². The van der Waals surface area contributed by atoms with Gasteiger partial charge >= 0.3 is 5.97 Å². The van der Waals surface area contributed by atoms with Crippen molar-refractivity contribution in [2.75, 3.05) is 13.3 Å². The fourth-order valence-corrected chi connectivity index (χ4v) is 3.27. The molecule has 110 valence electrons. The van der Waals surface area contributed by atoms with Crippen LogP contribution in [0.25, 0.3) is 0 Å². The molecule has 1 aliphatic heterocycles. The average Bonchev–Trinajstić information content (AvgIpc) is 2.71. The largest absolute Gasteiger partial charge is 0.481 e. The number of carbonyl (C=O) groups excluding carboxylic acids is 2. The lowest BCUT2D eigenvalue weighted by atomic mass is 9.98. The van der Waals surface area contributed by atoms with Gasteiger partial charge in [-0.05, 0) is 6.26 Å². The summed E-state index contributed by atoms with van der Waals surface area (Å²) in [7, 11) is 1.58. The SMILES string of the molecule is CS[C@H]1C(C(=O)c2ccccc2)=C(CC(=O)O)C(=O)N1C. The van der Waals surface area contributed by atoms with Crippen molar-refractivity contribution in [3.63, 3.8) is 0 Å². The van der Waals surface area contributed by atoms with Gasteiger partial charge < -0.3 is 10.0 Å². The molecule has 0 fully saturated rings. The van der Waals surface area contributed by atoms with Crippen molar-refractivity contribution in [2.24, 2.45) is 0 Å². The van der Waals surface area contributed by atoms with E-state index in [1.807, 2.05) is 0 Å². The van der Waals surface area contributed by atoms with E-state index in [1.54, 1.807) is 43.6 Å². The number of rotatable bonds is 5. The minimum Gasteiger partial charge on any atom is -0.481 e. The number of ketones is 1. The van der Waals surface area contributed by atoms with Gasteiger partial charge in [0, 0.05) is 23.8 Å². The number of carboxylic acids is 1. The number of aliphatic carboxylic acids is 1. The smallest absolute Gasteiger partial charge is 0.308 e.